The minimum atomic E-state index is -0.0226. The smallest absolute Gasteiger partial charge is 0.0867 e. The molecule has 0 radical (unpaired) electrons. The number of hydrogen-bond acceptors (Lipinski definition) is 3. The molecule has 0 aliphatic heterocycles. The van der Waals surface area contributed by atoms with Crippen molar-refractivity contribution >= 4 is 6.21 Å². The van der Waals surface area contributed by atoms with E-state index in [4.69, 9.17) is 5.11 Å². The maximum absolute atomic E-state index is 8.57. The summed E-state index contributed by atoms with van der Waals surface area (Å²) in [5.41, 5.74) is 0.639. The van der Waals surface area contributed by atoms with Gasteiger partial charge in [0.1, 0.15) is 0 Å². The highest BCUT2D eigenvalue weighted by atomic mass is 16.3. The van der Waals surface area contributed by atoms with Gasteiger partial charge < -0.3 is 10.4 Å². The molecule has 0 spiro atoms. The summed E-state index contributed by atoms with van der Waals surface area (Å²) in [7, 11) is 1.76. The summed E-state index contributed by atoms with van der Waals surface area (Å²) < 4.78 is 0. The van der Waals surface area contributed by atoms with Crippen LogP contribution in [0, 0.1) is 0 Å². The van der Waals surface area contributed by atoms with E-state index in [1.165, 1.54) is 0 Å². The summed E-state index contributed by atoms with van der Waals surface area (Å²) >= 11 is 0. The van der Waals surface area contributed by atoms with Gasteiger partial charge in [-0.05, 0) is 6.92 Å². The third kappa shape index (κ3) is 3.73. The van der Waals surface area contributed by atoms with Gasteiger partial charge in [0.25, 0.3) is 0 Å². The van der Waals surface area contributed by atoms with E-state index in [1.807, 2.05) is 0 Å². The second-order valence-corrected chi connectivity index (χ2v) is 1.47. The van der Waals surface area contributed by atoms with Crippen LogP contribution in [0.3, 0.4) is 0 Å². The third-order valence-electron chi connectivity index (χ3n) is 0.768. The molecule has 0 amide bonds. The lowest BCUT2D eigenvalue weighted by molar-refractivity contribution is 0.329. The Morgan fingerprint density at radius 3 is 2.78 bits per heavy atom. The molecule has 0 heterocycles. The van der Waals surface area contributed by atoms with Crippen LogP contribution in [0.1, 0.15) is 6.92 Å². The van der Waals surface area contributed by atoms with Crippen molar-refractivity contribution in [2.45, 2.75) is 6.92 Å². The largest absolute Gasteiger partial charge is 0.392 e. The Morgan fingerprint density at radius 2 is 2.44 bits per heavy atom. The first kappa shape index (κ1) is 8.17. The van der Waals surface area contributed by atoms with Crippen molar-refractivity contribution in [3.05, 3.63) is 11.9 Å². The minimum absolute atomic E-state index is 0.0226. The number of hydrogen-bond donors (Lipinski definition) is 2. The molecule has 3 nitrogen and oxygen atoms in total. The zero-order chi connectivity index (χ0) is 7.11. The van der Waals surface area contributed by atoms with Crippen molar-refractivity contribution in [2.75, 3.05) is 13.7 Å². The summed E-state index contributed by atoms with van der Waals surface area (Å²) in [5.74, 6) is 0. The highest BCUT2D eigenvalue weighted by molar-refractivity contribution is 5.55. The van der Waals surface area contributed by atoms with Crippen LogP contribution in [0.25, 0.3) is 0 Å². The first-order chi connectivity index (χ1) is 4.35. The molecule has 0 saturated carbocycles. The van der Waals surface area contributed by atoms with Crippen molar-refractivity contribution in [3.8, 4) is 0 Å². The molecular weight excluding hydrogens is 116 g/mol. The van der Waals surface area contributed by atoms with Crippen LogP contribution in [0.5, 0.6) is 0 Å². The lowest BCUT2D eigenvalue weighted by Gasteiger charge is -1.93. The van der Waals surface area contributed by atoms with Gasteiger partial charge in [0.05, 0.1) is 12.3 Å². The molecule has 0 fully saturated rings. The van der Waals surface area contributed by atoms with Gasteiger partial charge in [-0.2, -0.15) is 0 Å². The molecule has 0 bridgehead atoms. The van der Waals surface area contributed by atoms with Crippen LogP contribution in [-0.4, -0.2) is 25.0 Å². The van der Waals surface area contributed by atoms with E-state index in [2.05, 4.69) is 10.3 Å². The second-order valence-electron chi connectivity index (χ2n) is 1.47. The summed E-state index contributed by atoms with van der Waals surface area (Å²) in [6.45, 7) is 1.78. The predicted octanol–water partition coefficient (Wildman–Crippen LogP) is 0.130. The molecule has 0 aromatic heterocycles. The Hall–Kier alpha value is -0.830. The summed E-state index contributed by atoms with van der Waals surface area (Å²) in [6, 6.07) is 0. The van der Waals surface area contributed by atoms with Crippen LogP contribution < -0.4 is 5.32 Å². The van der Waals surface area contributed by atoms with Crippen LogP contribution in [0.15, 0.2) is 16.9 Å². The van der Waals surface area contributed by atoms with E-state index < -0.39 is 0 Å². The molecule has 0 unspecified atom stereocenters. The molecular formula is C6H12N2O. The number of aliphatic hydroxyl groups excluding tert-OH is 1. The van der Waals surface area contributed by atoms with Crippen molar-refractivity contribution < 1.29 is 5.11 Å². The predicted molar refractivity (Wildman–Crippen MR) is 38.4 cm³/mol. The maximum atomic E-state index is 8.57. The van der Waals surface area contributed by atoms with Gasteiger partial charge in [0.15, 0.2) is 0 Å². The average Bonchev–Trinajstić information content (AvgIpc) is 1.88. The number of nitrogens with zero attached hydrogens (tertiary/aromatic N) is 1. The molecule has 0 aromatic carbocycles. The Morgan fingerprint density at radius 1 is 1.78 bits per heavy atom. The lowest BCUT2D eigenvalue weighted by atomic mass is 10.5. The first-order valence-electron chi connectivity index (χ1n) is 2.81. The number of aliphatic imine (C=N–C) groups is 1. The average molecular weight is 128 g/mol. The minimum Gasteiger partial charge on any atom is -0.392 e. The van der Waals surface area contributed by atoms with Gasteiger partial charge in [-0.15, -0.1) is 0 Å². The quantitative estimate of drug-likeness (QED) is 0.531. The Balaban J connectivity index is 3.81. The van der Waals surface area contributed by atoms with E-state index in [0.29, 0.717) is 5.70 Å². The molecule has 2 N–H and O–H groups in total. The van der Waals surface area contributed by atoms with E-state index in [0.717, 1.165) is 0 Å². The van der Waals surface area contributed by atoms with E-state index in [9.17, 15) is 0 Å². The Kier molecular flexibility index (Phi) is 4.82. The molecule has 0 aromatic rings. The fourth-order valence-corrected chi connectivity index (χ4v) is 0.456. The molecule has 0 aliphatic rings. The number of nitrogens with one attached hydrogen (secondary N) is 1. The summed E-state index contributed by atoms with van der Waals surface area (Å²) in [4.78, 5) is 3.86. The van der Waals surface area contributed by atoms with Crippen molar-refractivity contribution in [3.63, 3.8) is 0 Å². The topological polar surface area (TPSA) is 44.6 Å². The van der Waals surface area contributed by atoms with Crippen molar-refractivity contribution in [1.29, 1.82) is 0 Å². The fourth-order valence-electron chi connectivity index (χ4n) is 0.456. The molecule has 52 valence electrons. The van der Waals surface area contributed by atoms with Crippen LogP contribution in [-0.2, 0) is 0 Å². The highest BCUT2D eigenvalue weighted by Gasteiger charge is 1.84. The molecule has 0 aliphatic carbocycles. The first-order valence-corrected chi connectivity index (χ1v) is 2.81. The third-order valence-corrected chi connectivity index (χ3v) is 0.768. The van der Waals surface area contributed by atoms with E-state index in [-0.39, 0.29) is 6.61 Å². The van der Waals surface area contributed by atoms with Gasteiger partial charge in [-0.25, -0.2) is 0 Å². The molecule has 0 atom stereocenters. The van der Waals surface area contributed by atoms with Crippen molar-refractivity contribution in [1.82, 2.24) is 5.32 Å². The Bertz CT molecular complexity index is 118. The van der Waals surface area contributed by atoms with E-state index in [1.54, 1.807) is 26.4 Å². The summed E-state index contributed by atoms with van der Waals surface area (Å²) in [6.07, 6.45) is 3.29. The number of rotatable bonds is 3. The fraction of sp³-hybridized carbons (Fsp3) is 0.500. The maximum Gasteiger partial charge on any atom is 0.0867 e. The SMILES string of the molecule is CC=N/C(=C\NC)CO. The van der Waals surface area contributed by atoms with Gasteiger partial charge in [-0.1, -0.05) is 0 Å². The summed E-state index contributed by atoms with van der Waals surface area (Å²) in [5, 5.41) is 11.3. The Labute approximate surface area is 55.1 Å². The molecule has 0 saturated heterocycles. The van der Waals surface area contributed by atoms with Crippen LogP contribution in [0.4, 0.5) is 0 Å². The zero-order valence-corrected chi connectivity index (χ0v) is 5.76. The van der Waals surface area contributed by atoms with Crippen LogP contribution >= 0.6 is 0 Å². The van der Waals surface area contributed by atoms with Gasteiger partial charge in [0, 0.05) is 19.5 Å². The molecule has 0 rings (SSSR count). The molecule has 3 heteroatoms. The highest BCUT2D eigenvalue weighted by Crippen LogP contribution is 1.89. The monoisotopic (exact) mass is 128 g/mol. The van der Waals surface area contributed by atoms with Crippen molar-refractivity contribution in [2.24, 2.45) is 4.99 Å². The normalized spacial score (nSPS) is 12.6. The van der Waals surface area contributed by atoms with Gasteiger partial charge >= 0.3 is 0 Å². The second kappa shape index (κ2) is 5.31. The number of aliphatic hydroxyl groups is 1. The van der Waals surface area contributed by atoms with Crippen LogP contribution in [0.2, 0.25) is 0 Å². The lowest BCUT2D eigenvalue weighted by Crippen LogP contribution is -1.97. The molecule has 9 heavy (non-hydrogen) atoms. The van der Waals surface area contributed by atoms with Gasteiger partial charge in [0.2, 0.25) is 0 Å². The van der Waals surface area contributed by atoms with E-state index >= 15 is 0 Å². The zero-order valence-electron chi connectivity index (χ0n) is 5.76. The van der Waals surface area contributed by atoms with Gasteiger partial charge in [-0.3, -0.25) is 4.99 Å². The standard InChI is InChI=1S/C6H12N2O/c1-3-8-6(5-9)4-7-2/h3-4,7,9H,5H2,1-2H3/b6-4-,8-3?.